The van der Waals surface area contributed by atoms with Crippen molar-refractivity contribution in [3.8, 4) is 0 Å². The summed E-state index contributed by atoms with van der Waals surface area (Å²) in [7, 11) is 0. The minimum atomic E-state index is -4.19. The molecule has 0 aromatic heterocycles. The van der Waals surface area contributed by atoms with Crippen LogP contribution < -0.4 is 0 Å². The third-order valence-electron chi connectivity index (χ3n) is 1.52. The van der Waals surface area contributed by atoms with E-state index in [9.17, 15) is 13.2 Å². The lowest BCUT2D eigenvalue weighted by molar-refractivity contribution is -0.105. The first-order valence-electron chi connectivity index (χ1n) is 3.73. The van der Waals surface area contributed by atoms with E-state index < -0.39 is 21.5 Å². The van der Waals surface area contributed by atoms with E-state index in [0.717, 1.165) is 0 Å². The molecule has 80 valence electrons. The summed E-state index contributed by atoms with van der Waals surface area (Å²) in [4.78, 5) is 0. The van der Waals surface area contributed by atoms with Gasteiger partial charge in [0, 0.05) is 0 Å². The molecule has 0 N–H and O–H groups in total. The number of thioether (sulfide) groups is 1. The van der Waals surface area contributed by atoms with Gasteiger partial charge in [0.15, 0.2) is 4.33 Å². The Labute approximate surface area is 94.1 Å². The molecule has 0 amide bonds. The summed E-state index contributed by atoms with van der Waals surface area (Å²) >= 11 is 12.3. The maximum Gasteiger partial charge on any atom is 0.397 e. The van der Waals surface area contributed by atoms with Crippen LogP contribution in [0.15, 0.2) is 24.3 Å². The molecule has 0 heterocycles. The maximum atomic E-state index is 11.9. The zero-order valence-corrected chi connectivity index (χ0v) is 9.22. The average Bonchev–Trinajstić information content (AvgIpc) is 2.00. The third kappa shape index (κ3) is 3.75. The van der Waals surface area contributed by atoms with Gasteiger partial charge in [-0.15, -0.1) is 11.8 Å². The van der Waals surface area contributed by atoms with Gasteiger partial charge in [-0.2, -0.15) is 13.2 Å². The van der Waals surface area contributed by atoms with E-state index in [0.29, 0.717) is 11.8 Å². The first kappa shape index (κ1) is 12.3. The summed E-state index contributed by atoms with van der Waals surface area (Å²) in [5.41, 5.74) is 0. The Morgan fingerprint density at radius 1 is 1.29 bits per heavy atom. The topological polar surface area (TPSA) is 0 Å². The third-order valence-corrected chi connectivity index (χ3v) is 3.88. The molecule has 0 bridgehead atoms. The molecule has 0 saturated carbocycles. The van der Waals surface area contributed by atoms with Crippen molar-refractivity contribution in [2.24, 2.45) is 0 Å². The van der Waals surface area contributed by atoms with E-state index in [-0.39, 0.29) is 0 Å². The van der Waals surface area contributed by atoms with Gasteiger partial charge in [0.2, 0.25) is 0 Å². The smallest absolute Gasteiger partial charge is 0.170 e. The summed E-state index contributed by atoms with van der Waals surface area (Å²) in [5.74, 6) is -0.947. The molecule has 0 spiro atoms. The maximum absolute atomic E-state index is 11.9. The fraction of sp³-hybridized carbons (Fsp3) is 0.500. The normalized spacial score (nSPS) is 25.4. The van der Waals surface area contributed by atoms with Crippen LogP contribution in [0.2, 0.25) is 0 Å². The molecule has 0 aromatic carbocycles. The molecule has 0 fully saturated rings. The van der Waals surface area contributed by atoms with Crippen molar-refractivity contribution in [2.75, 3.05) is 5.75 Å². The number of hydrogen-bond donors (Lipinski definition) is 0. The van der Waals surface area contributed by atoms with E-state index in [2.05, 4.69) is 0 Å². The Morgan fingerprint density at radius 3 is 2.43 bits per heavy atom. The summed E-state index contributed by atoms with van der Waals surface area (Å²) < 4.78 is 34.5. The van der Waals surface area contributed by atoms with Crippen LogP contribution in [0.4, 0.5) is 13.2 Å². The van der Waals surface area contributed by atoms with Crippen LogP contribution in [0.1, 0.15) is 0 Å². The molecule has 1 aliphatic carbocycles. The Hall–Kier alpha value is 0.200. The number of allylic oxidation sites excluding steroid dienone is 3. The molecule has 1 unspecified atom stereocenters. The Kier molecular flexibility index (Phi) is 3.83. The lowest BCUT2D eigenvalue weighted by Crippen LogP contribution is -2.28. The summed E-state index contributed by atoms with van der Waals surface area (Å²) in [5, 5.41) is -0.558. The van der Waals surface area contributed by atoms with Crippen molar-refractivity contribution in [3.05, 3.63) is 24.3 Å². The fourth-order valence-corrected chi connectivity index (χ4v) is 2.46. The molecule has 6 heteroatoms. The zero-order valence-electron chi connectivity index (χ0n) is 6.89. The molecule has 1 atom stereocenters. The van der Waals surface area contributed by atoms with E-state index in [1.54, 1.807) is 18.2 Å². The molecule has 1 rings (SSSR count). The van der Waals surface area contributed by atoms with Gasteiger partial charge in [0.25, 0.3) is 0 Å². The largest absolute Gasteiger partial charge is 0.397 e. The SMILES string of the molecule is FC(F)(F)CSC1C=CC=CC1(Cl)Cl. The highest BCUT2D eigenvalue weighted by Crippen LogP contribution is 2.39. The van der Waals surface area contributed by atoms with E-state index in [1.165, 1.54) is 6.08 Å². The van der Waals surface area contributed by atoms with Crippen molar-refractivity contribution in [3.63, 3.8) is 0 Å². The Morgan fingerprint density at radius 2 is 1.93 bits per heavy atom. The second-order valence-electron chi connectivity index (χ2n) is 2.77. The van der Waals surface area contributed by atoms with Gasteiger partial charge in [0.1, 0.15) is 0 Å². The summed E-state index contributed by atoms with van der Waals surface area (Å²) in [6, 6.07) is 0. The lowest BCUT2D eigenvalue weighted by atomic mass is 10.2. The molecular weight excluding hydrogens is 256 g/mol. The Balaban J connectivity index is 2.53. The minimum absolute atomic E-state index is 0.558. The van der Waals surface area contributed by atoms with Crippen LogP contribution in [0.25, 0.3) is 0 Å². The van der Waals surface area contributed by atoms with Gasteiger partial charge in [-0.1, -0.05) is 41.4 Å². The van der Waals surface area contributed by atoms with Gasteiger partial charge in [-0.3, -0.25) is 0 Å². The van der Waals surface area contributed by atoms with Gasteiger partial charge >= 0.3 is 6.18 Å². The van der Waals surface area contributed by atoms with Crippen molar-refractivity contribution >= 4 is 35.0 Å². The van der Waals surface area contributed by atoms with Crippen LogP contribution in [-0.4, -0.2) is 21.5 Å². The van der Waals surface area contributed by atoms with Gasteiger partial charge < -0.3 is 0 Å². The average molecular weight is 263 g/mol. The zero-order chi connectivity index (χ0) is 10.8. The van der Waals surface area contributed by atoms with Crippen molar-refractivity contribution in [1.82, 2.24) is 0 Å². The quantitative estimate of drug-likeness (QED) is 0.680. The van der Waals surface area contributed by atoms with Gasteiger partial charge in [-0.25, -0.2) is 0 Å². The van der Waals surface area contributed by atoms with Gasteiger partial charge in [-0.05, 0) is 6.08 Å². The number of halogens is 5. The van der Waals surface area contributed by atoms with E-state index in [1.807, 2.05) is 0 Å². The molecule has 1 aliphatic rings. The fourth-order valence-electron chi connectivity index (χ4n) is 0.923. The molecule has 0 aliphatic heterocycles. The molecule has 14 heavy (non-hydrogen) atoms. The second-order valence-corrected chi connectivity index (χ2v) is 5.34. The monoisotopic (exact) mass is 262 g/mol. The summed E-state index contributed by atoms with van der Waals surface area (Å²) in [6.45, 7) is 0. The highest BCUT2D eigenvalue weighted by molar-refractivity contribution is 8.00. The van der Waals surface area contributed by atoms with Crippen LogP contribution in [0, 0.1) is 0 Å². The second kappa shape index (κ2) is 4.37. The van der Waals surface area contributed by atoms with Crippen LogP contribution >= 0.6 is 35.0 Å². The molecule has 0 saturated heterocycles. The number of hydrogen-bond acceptors (Lipinski definition) is 1. The van der Waals surface area contributed by atoms with Crippen molar-refractivity contribution in [2.45, 2.75) is 15.8 Å². The van der Waals surface area contributed by atoms with Crippen LogP contribution in [-0.2, 0) is 0 Å². The highest BCUT2D eigenvalue weighted by atomic mass is 35.5. The van der Waals surface area contributed by atoms with E-state index >= 15 is 0 Å². The highest BCUT2D eigenvalue weighted by Gasteiger charge is 2.36. The van der Waals surface area contributed by atoms with Crippen molar-refractivity contribution < 1.29 is 13.2 Å². The number of rotatable bonds is 2. The van der Waals surface area contributed by atoms with Crippen molar-refractivity contribution in [1.29, 1.82) is 0 Å². The molecule has 0 radical (unpaired) electrons. The molecule has 0 nitrogen and oxygen atoms in total. The van der Waals surface area contributed by atoms with Crippen LogP contribution in [0.3, 0.4) is 0 Å². The molecular formula is C8H7Cl2F3S. The van der Waals surface area contributed by atoms with Crippen LogP contribution in [0.5, 0.6) is 0 Å². The molecule has 0 aromatic rings. The van der Waals surface area contributed by atoms with E-state index in [4.69, 9.17) is 23.2 Å². The lowest BCUT2D eigenvalue weighted by Gasteiger charge is -2.26. The Bertz CT molecular complexity index is 258. The first-order chi connectivity index (χ1) is 6.31. The minimum Gasteiger partial charge on any atom is -0.170 e. The first-order valence-corrected chi connectivity index (χ1v) is 5.54. The number of alkyl halides is 5. The predicted molar refractivity (Wildman–Crippen MR) is 55.0 cm³/mol. The summed E-state index contributed by atoms with van der Waals surface area (Å²) in [6.07, 6.45) is 2.10. The van der Waals surface area contributed by atoms with Gasteiger partial charge in [0.05, 0.1) is 11.0 Å². The predicted octanol–water partition coefficient (Wildman–Crippen LogP) is 3.95. The standard InChI is InChI=1S/C8H7Cl2F3S/c9-7(10)4-2-1-3-6(7)14-5-8(11,12)13/h1-4,6H,5H2.